The molecule has 64 heavy (non-hydrogen) atoms. The van der Waals surface area contributed by atoms with Gasteiger partial charge in [0.2, 0.25) is 21.8 Å². The Morgan fingerprint density at radius 1 is 1.05 bits per heavy atom. The number of hydrogen-bond donors (Lipinski definition) is 3. The molecule has 2 aromatic heterocycles. The van der Waals surface area contributed by atoms with Gasteiger partial charge in [0.1, 0.15) is 45.9 Å². The molecular formula is C47H60F2N6O7S2. The molecule has 13 nitrogen and oxygen atoms in total. The van der Waals surface area contributed by atoms with Crippen molar-refractivity contribution in [3.63, 3.8) is 0 Å². The van der Waals surface area contributed by atoms with E-state index < -0.39 is 74.0 Å². The number of sulfonamides is 1. The molecule has 1 saturated heterocycles. The van der Waals surface area contributed by atoms with Crippen molar-refractivity contribution in [2.45, 2.75) is 141 Å². The number of hydrogen-bond acceptors (Lipinski definition) is 11. The van der Waals surface area contributed by atoms with Crippen molar-refractivity contribution in [3.05, 3.63) is 64.7 Å². The zero-order chi connectivity index (χ0) is 46.7. The first-order valence-electron chi connectivity index (χ1n) is 22.0. The first kappa shape index (κ1) is 47.1. The number of pyridine rings is 1. The number of carbonyl (C=O) groups is 3. The number of aryl methyl sites for hydroxylation is 1. The number of thiazole rings is 1. The molecule has 3 amide bonds. The molecule has 3 fully saturated rings. The van der Waals surface area contributed by atoms with Crippen molar-refractivity contribution in [1.82, 2.24) is 24.9 Å². The highest BCUT2D eigenvalue weighted by Gasteiger charge is 2.63. The lowest BCUT2D eigenvalue weighted by atomic mass is 9.85. The van der Waals surface area contributed by atoms with E-state index in [0.717, 1.165) is 11.3 Å². The minimum atomic E-state index is -4.01. The number of methoxy groups -OCH3 is 1. The zero-order valence-corrected chi connectivity index (χ0v) is 39.9. The van der Waals surface area contributed by atoms with Crippen LogP contribution in [-0.4, -0.2) is 83.1 Å². The van der Waals surface area contributed by atoms with E-state index in [1.54, 1.807) is 20.1 Å². The number of rotatable bonds is 16. The van der Waals surface area contributed by atoms with Crippen LogP contribution in [0, 0.1) is 18.3 Å². The Morgan fingerprint density at radius 2 is 1.77 bits per heavy atom. The maximum absolute atomic E-state index is 15.1. The van der Waals surface area contributed by atoms with Crippen LogP contribution >= 0.6 is 11.3 Å². The van der Waals surface area contributed by atoms with Gasteiger partial charge < -0.3 is 25.0 Å². The molecule has 346 valence electrons. The van der Waals surface area contributed by atoms with Crippen LogP contribution in [0.3, 0.4) is 0 Å². The molecule has 7 rings (SSSR count). The lowest BCUT2D eigenvalue weighted by molar-refractivity contribution is -0.141. The van der Waals surface area contributed by atoms with Gasteiger partial charge in [-0.15, -0.1) is 11.3 Å². The summed E-state index contributed by atoms with van der Waals surface area (Å²) in [4.78, 5) is 55.1. The first-order chi connectivity index (χ1) is 30.0. The predicted octanol–water partition coefficient (Wildman–Crippen LogP) is 8.46. The summed E-state index contributed by atoms with van der Waals surface area (Å²) in [5.74, 6) is -4.07. The number of benzene rings is 2. The van der Waals surface area contributed by atoms with E-state index in [0.29, 0.717) is 58.1 Å². The van der Waals surface area contributed by atoms with Crippen LogP contribution in [0.4, 0.5) is 14.5 Å². The number of anilines is 1. The van der Waals surface area contributed by atoms with Gasteiger partial charge in [-0.1, -0.05) is 67.0 Å². The maximum Gasteiger partial charge on any atom is 0.273 e. The monoisotopic (exact) mass is 922 g/mol. The highest BCUT2D eigenvalue weighted by molar-refractivity contribution is 7.91. The van der Waals surface area contributed by atoms with Crippen LogP contribution < -0.4 is 24.8 Å². The van der Waals surface area contributed by atoms with Crippen molar-refractivity contribution in [1.29, 1.82) is 0 Å². The van der Waals surface area contributed by atoms with Crippen LogP contribution in [0.15, 0.2) is 47.8 Å². The number of fused-ring (bicyclic) bond motifs is 1. The van der Waals surface area contributed by atoms with Gasteiger partial charge in [-0.25, -0.2) is 27.2 Å². The Morgan fingerprint density at radius 3 is 2.36 bits per heavy atom. The Bertz CT molecular complexity index is 2570. The summed E-state index contributed by atoms with van der Waals surface area (Å²) in [6.45, 7) is 16.3. The molecule has 0 bridgehead atoms. The van der Waals surface area contributed by atoms with Crippen LogP contribution in [0.2, 0.25) is 0 Å². The highest BCUT2D eigenvalue weighted by Crippen LogP contribution is 2.48. The quantitative estimate of drug-likeness (QED) is 0.0992. The maximum atomic E-state index is 15.1. The van der Waals surface area contributed by atoms with Crippen LogP contribution in [-0.2, 0) is 30.3 Å². The topological polar surface area (TPSA) is 169 Å². The molecule has 1 aliphatic heterocycles. The second kappa shape index (κ2) is 17.1. The normalized spacial score (nSPS) is 22.3. The molecule has 0 radical (unpaired) electrons. The molecule has 3 N–H and O–H groups in total. The van der Waals surface area contributed by atoms with Crippen LogP contribution in [0.5, 0.6) is 11.5 Å². The second-order valence-electron chi connectivity index (χ2n) is 19.2. The number of nitrogens with one attached hydrogen (secondary N) is 3. The van der Waals surface area contributed by atoms with Crippen molar-refractivity contribution < 1.29 is 41.1 Å². The summed E-state index contributed by atoms with van der Waals surface area (Å²) < 4.78 is 69.9. The van der Waals surface area contributed by atoms with Crippen molar-refractivity contribution in [3.8, 4) is 22.2 Å². The molecule has 5 atom stereocenters. The number of carbonyl (C=O) groups excluding carboxylic acids is 3. The second-order valence-corrected chi connectivity index (χ2v) is 22.3. The van der Waals surface area contributed by atoms with E-state index in [1.807, 2.05) is 58.2 Å². The molecule has 3 aliphatic rings. The molecular weight excluding hydrogens is 863 g/mol. The number of aromatic nitrogens is 2. The van der Waals surface area contributed by atoms with E-state index in [1.165, 1.54) is 41.4 Å². The molecule has 2 aromatic carbocycles. The molecule has 17 heteroatoms. The van der Waals surface area contributed by atoms with E-state index in [9.17, 15) is 26.8 Å². The minimum absolute atomic E-state index is 0.0144. The molecule has 2 saturated carbocycles. The van der Waals surface area contributed by atoms with Crippen molar-refractivity contribution >= 4 is 55.7 Å². The standard InChI is InChI=1S/C47H60F2N6O7S2/c1-11-28-23-46(28,43(58)54-64(59,60)45(9)18-19-45)53-40(56)35-21-31(24-55(35)42(57)39(44(6,7)8)50-30-15-13-14-29(20-30)47(48,49)12-2)62-37-22-33(41-52-34(25-63-41)26(3)4)51-38-27(5)36(61-10)17-16-32(37)38/h13-17,20,22,25-26,28,31,35,39,50H,11-12,18-19,21,23-24H2,1-10H3,(H,53,56)(H,54,58). The van der Waals surface area contributed by atoms with E-state index in [4.69, 9.17) is 19.4 Å². The third-order valence-electron chi connectivity index (χ3n) is 13.2. The van der Waals surface area contributed by atoms with Gasteiger partial charge in [0, 0.05) is 46.5 Å². The summed E-state index contributed by atoms with van der Waals surface area (Å²) in [7, 11) is -2.43. The summed E-state index contributed by atoms with van der Waals surface area (Å²) in [6.07, 6.45) is 0.420. The molecule has 0 spiro atoms. The fourth-order valence-corrected chi connectivity index (χ4v) is 10.7. The third kappa shape index (κ3) is 9.03. The Balaban J connectivity index is 1.26. The van der Waals surface area contributed by atoms with Gasteiger partial charge in [0.15, 0.2) is 0 Å². The number of amides is 3. The molecule has 2 aliphatic carbocycles. The van der Waals surface area contributed by atoms with E-state index in [-0.39, 0.29) is 36.8 Å². The lowest BCUT2D eigenvalue weighted by Crippen LogP contribution is -2.59. The Hall–Kier alpha value is -4.90. The third-order valence-corrected chi connectivity index (χ3v) is 16.2. The number of nitrogens with zero attached hydrogens (tertiary/aromatic N) is 3. The van der Waals surface area contributed by atoms with Gasteiger partial charge in [0.25, 0.3) is 11.8 Å². The lowest BCUT2D eigenvalue weighted by Gasteiger charge is -2.36. The SMILES string of the molecule is CCC1CC1(NC(=O)C1CC(Oc2cc(-c3nc(C(C)C)cs3)nc3c(C)c(OC)ccc23)CN1C(=O)C(Nc1cccc(C(F)(F)CC)c1)C(C)(C)C)C(=O)NS(=O)(=O)C1(C)CC1. The largest absolute Gasteiger partial charge is 0.496 e. The summed E-state index contributed by atoms with van der Waals surface area (Å²) in [5, 5.41) is 9.51. The fourth-order valence-electron chi connectivity index (χ4n) is 8.45. The number of halogens is 2. The Kier molecular flexibility index (Phi) is 12.6. The van der Waals surface area contributed by atoms with Crippen molar-refractivity contribution in [2.75, 3.05) is 19.0 Å². The van der Waals surface area contributed by atoms with Crippen molar-refractivity contribution in [2.24, 2.45) is 11.3 Å². The zero-order valence-electron chi connectivity index (χ0n) is 38.2. The van der Waals surface area contributed by atoms with Gasteiger partial charge in [-0.05, 0) is 74.6 Å². The Labute approximate surface area is 378 Å². The van der Waals surface area contributed by atoms with E-state index >= 15 is 4.79 Å². The molecule has 5 unspecified atom stereocenters. The summed E-state index contributed by atoms with van der Waals surface area (Å²) >= 11 is 1.46. The van der Waals surface area contributed by atoms with Gasteiger partial charge in [-0.2, -0.15) is 0 Å². The van der Waals surface area contributed by atoms with E-state index in [2.05, 4.69) is 29.2 Å². The van der Waals surface area contributed by atoms with Gasteiger partial charge in [-0.3, -0.25) is 19.1 Å². The fraction of sp³-hybridized carbons (Fsp3) is 0.553. The molecule has 3 heterocycles. The van der Waals surface area contributed by atoms with Gasteiger partial charge in [0.05, 0.1) is 29.6 Å². The minimum Gasteiger partial charge on any atom is -0.496 e. The predicted molar refractivity (Wildman–Crippen MR) is 244 cm³/mol. The number of alkyl halides is 2. The smallest absolute Gasteiger partial charge is 0.273 e. The molecule has 4 aromatic rings. The number of ether oxygens (including phenoxy) is 2. The van der Waals surface area contributed by atoms with Gasteiger partial charge >= 0.3 is 0 Å². The average molecular weight is 923 g/mol. The first-order valence-corrected chi connectivity index (χ1v) is 24.4. The summed E-state index contributed by atoms with van der Waals surface area (Å²) in [5.41, 5.74) is 0.719. The highest BCUT2D eigenvalue weighted by atomic mass is 32.2. The van der Waals surface area contributed by atoms with Crippen LogP contribution in [0.25, 0.3) is 21.6 Å². The average Bonchev–Trinajstić information content (AvgIpc) is 4.03. The summed E-state index contributed by atoms with van der Waals surface area (Å²) in [6, 6.07) is 9.12. The van der Waals surface area contributed by atoms with Crippen LogP contribution in [0.1, 0.15) is 117 Å². The number of likely N-dealkylation sites (tertiary alicyclic amines) is 1.